The number of amides is 4. The smallest absolute Gasteiger partial charge is 0.261 e. The molecule has 0 aliphatic carbocycles. The highest BCUT2D eigenvalue weighted by atomic mass is 16.5. The van der Waals surface area contributed by atoms with Crippen LogP contribution in [0.3, 0.4) is 0 Å². The standard InChI is InChI=1S/C22H17N7O.C22H14N6O4.C22H18N6O3.C20H12N6O/c1-11-4-6-23-10-15(11)13-8-14-18(28-29-20(14)25-9-13)21-26-16-3-2-12-5-7-24-22(30)17(12)19(16)27-21;1-32-15-8-9(29)2-3-10(15)13-6-5-12-17(27-28-19(12)23-13)20-24-14-7-4-11-16(18(14)25-20)22(31)26-21(11)30;1-23-22(30)14-4-3-5-16-18(14)26-21(25-16)19-13-8-9-15(24-20(13)28-27-19)12-7-6-11(29)10-17(12)31-2;27-20-12-9-11-17(19-21-14-7-3-4-8-15(14)22-19)25-26-18(11)24-16(12)10-5-1-2-6-13(10)23-20/h2-4,6,8-10H,5,7H2,1H3,(H,24,30)(H,26,27)(H,25,28,29);2-8,29H,1H3,(H,24,25)(H,23,27,28)(H,26,30,31);3-10,29H,1-2H3,(H,23,30)(H,25,26)(H,24,27,28);1-9H,(H,21,22)(H,23,27)(H,24,25,26). The van der Waals surface area contributed by atoms with Gasteiger partial charge >= 0.3 is 0 Å². The van der Waals surface area contributed by atoms with Crippen LogP contribution in [0.2, 0.25) is 0 Å². The number of aromatic amines is 9. The molecule has 0 radical (unpaired) electrons. The summed E-state index contributed by atoms with van der Waals surface area (Å²) in [5.41, 5.74) is 20.3. The molecule has 14 N–H and O–H groups in total. The third-order valence-corrected chi connectivity index (χ3v) is 21.1. The number of imide groups is 1. The van der Waals surface area contributed by atoms with E-state index in [9.17, 15) is 34.2 Å². The number of imidazole rings is 4. The number of nitrogens with zero attached hydrogens (tertiary/aromatic N) is 13. The van der Waals surface area contributed by atoms with Crippen molar-refractivity contribution in [3.8, 4) is 103 Å². The molecule has 2 aliphatic rings. The van der Waals surface area contributed by atoms with E-state index in [1.165, 1.54) is 26.4 Å². The summed E-state index contributed by atoms with van der Waals surface area (Å²) in [6.45, 7) is 2.70. The first kappa shape index (κ1) is 71.8. The van der Waals surface area contributed by atoms with Crippen LogP contribution in [-0.4, -0.2) is 172 Å². The zero-order chi connectivity index (χ0) is 81.7. The van der Waals surface area contributed by atoms with Gasteiger partial charge in [0.1, 0.15) is 62.3 Å². The summed E-state index contributed by atoms with van der Waals surface area (Å²) in [4.78, 5) is 119. The number of ether oxygens (including phenoxy) is 2. The second-order valence-corrected chi connectivity index (χ2v) is 28.1. The molecule has 0 atom stereocenters. The molecule has 34 nitrogen and oxygen atoms in total. The molecule has 584 valence electrons. The Morgan fingerprint density at radius 3 is 1.65 bits per heavy atom. The molecule has 0 bridgehead atoms. The molecule has 16 heterocycles. The zero-order valence-electron chi connectivity index (χ0n) is 63.4. The minimum absolute atomic E-state index is 0.0784. The van der Waals surface area contributed by atoms with Crippen LogP contribution in [-0.2, 0) is 6.42 Å². The largest absolute Gasteiger partial charge is 0.508 e. The summed E-state index contributed by atoms with van der Waals surface area (Å²) in [6, 6.07) is 51.1. The molecule has 34 heteroatoms. The maximum atomic E-state index is 12.6. The third kappa shape index (κ3) is 12.4. The highest BCUT2D eigenvalue weighted by Crippen LogP contribution is 2.39. The number of aromatic nitrogens is 22. The Kier molecular flexibility index (Phi) is 17.2. The van der Waals surface area contributed by atoms with Gasteiger partial charge in [-0.05, 0) is 140 Å². The van der Waals surface area contributed by atoms with Gasteiger partial charge in [-0.2, -0.15) is 20.4 Å². The molecule has 0 saturated heterocycles. The van der Waals surface area contributed by atoms with Crippen molar-refractivity contribution in [2.75, 3.05) is 27.8 Å². The number of carbonyl (C=O) groups excluding carboxylic acids is 4. The van der Waals surface area contributed by atoms with Crippen LogP contribution in [0.25, 0.3) is 190 Å². The van der Waals surface area contributed by atoms with E-state index < -0.39 is 11.8 Å². The lowest BCUT2D eigenvalue weighted by Gasteiger charge is -2.16. The summed E-state index contributed by atoms with van der Waals surface area (Å²) in [5, 5.41) is 61.1. The van der Waals surface area contributed by atoms with E-state index in [0.717, 1.165) is 94.4 Å². The quantitative estimate of drug-likeness (QED) is 0.0447. The van der Waals surface area contributed by atoms with Crippen LogP contribution in [0.5, 0.6) is 23.0 Å². The average molecular weight is 1590 g/mol. The number of aromatic hydroxyl groups is 2. The van der Waals surface area contributed by atoms with Crippen molar-refractivity contribution in [3.05, 3.63) is 232 Å². The number of hydrogen-bond donors (Lipinski definition) is 14. The van der Waals surface area contributed by atoms with Gasteiger partial charge in [-0.15, -0.1) is 0 Å². The molecule has 0 unspecified atom stereocenters. The summed E-state index contributed by atoms with van der Waals surface area (Å²) in [6.07, 6.45) is 6.23. The van der Waals surface area contributed by atoms with Gasteiger partial charge in [0, 0.05) is 82.7 Å². The Morgan fingerprint density at radius 2 is 1.00 bits per heavy atom. The average Bonchev–Trinajstić information content (AvgIpc) is 1.63. The number of rotatable bonds is 10. The molecule has 21 aromatic rings. The van der Waals surface area contributed by atoms with Crippen molar-refractivity contribution in [1.82, 2.24) is 127 Å². The number of H-pyrrole nitrogens is 9. The van der Waals surface area contributed by atoms with Crippen LogP contribution in [0.1, 0.15) is 52.6 Å². The van der Waals surface area contributed by atoms with E-state index in [1.54, 1.807) is 68.0 Å². The second kappa shape index (κ2) is 28.7. The molecule has 4 amide bonds. The molecule has 0 fully saturated rings. The van der Waals surface area contributed by atoms with Gasteiger partial charge in [0.25, 0.3) is 29.2 Å². The first-order valence-corrected chi connectivity index (χ1v) is 37.4. The lowest BCUT2D eigenvalue weighted by Crippen LogP contribution is -2.32. The normalized spacial score (nSPS) is 12.4. The number of aryl methyl sites for hydroxylation is 1. The van der Waals surface area contributed by atoms with Crippen molar-refractivity contribution >= 4 is 134 Å². The first-order chi connectivity index (χ1) is 58.6. The Bertz CT molecular complexity index is 7880. The zero-order valence-corrected chi connectivity index (χ0v) is 63.4. The fourth-order valence-corrected chi connectivity index (χ4v) is 15.2. The second-order valence-electron chi connectivity index (χ2n) is 28.1. The Labute approximate surface area is 671 Å². The molecule has 0 spiro atoms. The number of phenols is 2. The SMILES string of the molecule is CNC(=O)c1cccc2[nH]c(-c3[nH]nc4nc(-c5ccc(O)cc5OC)ccc34)nc12.COc1cc(O)ccc1-c1ccc2c(-c3nc4c5c(ccc4[nH]3)C(=O)NC5=O)[nH]nc2n1.Cc1ccncc1-c1cnc2n[nH]c(-c3nc4c5c(ccc4[nH]3)CCNC5=O)c2c1.O=c1[nH]c2ccccc2c2nc3n[nH]c(-c4nc5ccccc5[nH]4)c3cc12. The van der Waals surface area contributed by atoms with Crippen LogP contribution in [0, 0.1) is 6.92 Å². The number of hydrogen-bond acceptors (Lipinski definition) is 22. The van der Waals surface area contributed by atoms with E-state index in [0.29, 0.717) is 148 Å². The molecule has 2 aliphatic heterocycles. The molecule has 0 saturated carbocycles. The van der Waals surface area contributed by atoms with Gasteiger partial charge in [-0.25, -0.2) is 39.9 Å². The van der Waals surface area contributed by atoms with Gasteiger partial charge in [0.2, 0.25) is 0 Å². The molecule has 14 aromatic heterocycles. The summed E-state index contributed by atoms with van der Waals surface area (Å²) >= 11 is 0. The predicted octanol–water partition coefficient (Wildman–Crippen LogP) is 12.7. The van der Waals surface area contributed by atoms with Gasteiger partial charge in [-0.1, -0.05) is 42.5 Å². The molecular formula is C86H61N25O9. The Balaban J connectivity index is 0.000000102. The first-order valence-electron chi connectivity index (χ1n) is 37.4. The van der Waals surface area contributed by atoms with Gasteiger partial charge in [0.15, 0.2) is 45.9 Å². The summed E-state index contributed by atoms with van der Waals surface area (Å²) in [5.74, 6) is 2.38. The molecule has 23 rings (SSSR count). The van der Waals surface area contributed by atoms with Crippen molar-refractivity contribution in [2.45, 2.75) is 13.3 Å². The van der Waals surface area contributed by atoms with E-state index >= 15 is 0 Å². The number of pyridine rings is 6. The van der Waals surface area contributed by atoms with Crippen molar-refractivity contribution in [2.24, 2.45) is 0 Å². The maximum Gasteiger partial charge on any atom is 0.261 e. The van der Waals surface area contributed by atoms with Crippen molar-refractivity contribution in [1.29, 1.82) is 0 Å². The van der Waals surface area contributed by atoms with Gasteiger partial charge in [0.05, 0.1) is 103 Å². The van der Waals surface area contributed by atoms with E-state index in [4.69, 9.17) is 14.5 Å². The van der Waals surface area contributed by atoms with Crippen molar-refractivity contribution in [3.63, 3.8) is 0 Å². The predicted molar refractivity (Wildman–Crippen MR) is 448 cm³/mol. The van der Waals surface area contributed by atoms with Gasteiger partial charge in [-0.3, -0.25) is 54.7 Å². The number of phenolic OH excluding ortho intramolecular Hbond substituents is 2. The summed E-state index contributed by atoms with van der Waals surface area (Å²) < 4.78 is 10.7. The number of benzene rings is 7. The highest BCUT2D eigenvalue weighted by molar-refractivity contribution is 6.26. The fraction of sp³-hybridized carbons (Fsp3) is 0.0698. The van der Waals surface area contributed by atoms with Crippen LogP contribution in [0.15, 0.2) is 193 Å². The monoisotopic (exact) mass is 1590 g/mol. The number of methoxy groups -OCH3 is 2. The Morgan fingerprint density at radius 1 is 0.442 bits per heavy atom. The lowest BCUT2D eigenvalue weighted by atomic mass is 9.99. The molecule has 120 heavy (non-hydrogen) atoms. The van der Waals surface area contributed by atoms with E-state index in [1.807, 2.05) is 122 Å². The van der Waals surface area contributed by atoms with E-state index in [2.05, 4.69) is 122 Å². The number of fused-ring (bicyclic) bond motifs is 15. The van der Waals surface area contributed by atoms with Crippen LogP contribution < -0.4 is 31.0 Å². The van der Waals surface area contributed by atoms with Crippen LogP contribution >= 0.6 is 0 Å². The Hall–Kier alpha value is -17.2. The van der Waals surface area contributed by atoms with Crippen LogP contribution in [0.4, 0.5) is 0 Å². The third-order valence-electron chi connectivity index (χ3n) is 21.1. The lowest BCUT2D eigenvalue weighted by molar-refractivity contribution is 0.0876. The number of nitrogens with one attached hydrogen (secondary N) is 12. The van der Waals surface area contributed by atoms with Gasteiger partial charge < -0.3 is 55.2 Å². The van der Waals surface area contributed by atoms with Crippen molar-refractivity contribution < 1.29 is 38.9 Å². The highest BCUT2D eigenvalue weighted by Gasteiger charge is 2.32. The molecular weight excluding hydrogens is 1530 g/mol. The minimum atomic E-state index is -0.461. The number of carbonyl (C=O) groups is 4. The van der Waals surface area contributed by atoms with E-state index in [-0.39, 0.29) is 34.4 Å². The maximum absolute atomic E-state index is 12.6. The topological polar surface area (TPSA) is 490 Å². The summed E-state index contributed by atoms with van der Waals surface area (Å²) in [7, 11) is 4.65. The molecule has 7 aromatic carbocycles. The minimum Gasteiger partial charge on any atom is -0.508 e. The number of para-hydroxylation sites is 4. The fourth-order valence-electron chi connectivity index (χ4n) is 15.2.